The highest BCUT2D eigenvalue weighted by molar-refractivity contribution is 9.10. The highest BCUT2D eigenvalue weighted by Gasteiger charge is 2.59. The number of carbonyl (C=O) groups is 2. The third-order valence-corrected chi connectivity index (χ3v) is 8.55. The zero-order chi connectivity index (χ0) is 28.5. The number of carbonyl (C=O) groups excluding carboxylic acids is 2. The van der Waals surface area contributed by atoms with E-state index in [1.807, 2.05) is 69.6 Å². The monoisotopic (exact) mass is 654 g/mol. The average molecular weight is 656 g/mol. The van der Waals surface area contributed by atoms with Gasteiger partial charge in [0.1, 0.15) is 15.8 Å². The molecular formula is C31H32Br2N2O4. The number of fused-ring (bicyclic) bond motifs is 4. The van der Waals surface area contributed by atoms with Crippen molar-refractivity contribution in [2.45, 2.75) is 67.8 Å². The number of alkyl halides is 2. The van der Waals surface area contributed by atoms with Gasteiger partial charge in [0.2, 0.25) is 5.72 Å². The lowest BCUT2D eigenvalue weighted by atomic mass is 9.77. The minimum atomic E-state index is -0.968. The zero-order valence-corrected chi connectivity index (χ0v) is 26.4. The number of likely N-dealkylation sites (N-methyl/N-ethyl adjacent to an activating group) is 1. The van der Waals surface area contributed by atoms with Crippen LogP contribution in [0.25, 0.3) is 10.8 Å². The van der Waals surface area contributed by atoms with E-state index in [9.17, 15) is 9.59 Å². The second kappa shape index (κ2) is 9.16. The summed E-state index contributed by atoms with van der Waals surface area (Å²) in [5, 5.41) is 1.97. The summed E-state index contributed by atoms with van der Waals surface area (Å²) in [5.41, 5.74) is 1.89. The Morgan fingerprint density at radius 3 is 2.38 bits per heavy atom. The molecule has 0 N–H and O–H groups in total. The van der Waals surface area contributed by atoms with Crippen LogP contribution in [-0.4, -0.2) is 39.4 Å². The Hall–Kier alpha value is -2.71. The third kappa shape index (κ3) is 4.49. The lowest BCUT2D eigenvalue weighted by molar-refractivity contribution is -0.136. The van der Waals surface area contributed by atoms with Crippen LogP contribution in [0.1, 0.15) is 52.7 Å². The van der Waals surface area contributed by atoms with Crippen molar-refractivity contribution in [3.05, 3.63) is 59.7 Å². The third-order valence-electron chi connectivity index (χ3n) is 7.79. The van der Waals surface area contributed by atoms with Crippen LogP contribution in [0.3, 0.4) is 0 Å². The lowest BCUT2D eigenvalue weighted by Crippen LogP contribution is -2.61. The molecule has 5 rings (SSSR count). The summed E-state index contributed by atoms with van der Waals surface area (Å²) in [6, 6.07) is 15.7. The first-order chi connectivity index (χ1) is 18.1. The Morgan fingerprint density at radius 2 is 1.72 bits per heavy atom. The van der Waals surface area contributed by atoms with Gasteiger partial charge in [0.05, 0.1) is 16.0 Å². The van der Waals surface area contributed by atoms with E-state index >= 15 is 0 Å². The molecule has 3 aromatic carbocycles. The van der Waals surface area contributed by atoms with Crippen LogP contribution in [0.4, 0.5) is 11.4 Å². The van der Waals surface area contributed by atoms with E-state index in [2.05, 4.69) is 50.6 Å². The van der Waals surface area contributed by atoms with Gasteiger partial charge in [-0.1, -0.05) is 56.1 Å². The normalized spacial score (nSPS) is 19.6. The number of anilines is 1. The average Bonchev–Trinajstić information content (AvgIpc) is 3.01. The van der Waals surface area contributed by atoms with Crippen molar-refractivity contribution in [2.75, 3.05) is 11.9 Å². The molecule has 2 heterocycles. The molecule has 0 aromatic heterocycles. The molecule has 204 valence electrons. The van der Waals surface area contributed by atoms with Gasteiger partial charge < -0.3 is 14.4 Å². The molecule has 0 saturated heterocycles. The van der Waals surface area contributed by atoms with Crippen LogP contribution in [0.2, 0.25) is 0 Å². The maximum absolute atomic E-state index is 13.1. The van der Waals surface area contributed by atoms with Gasteiger partial charge in [-0.05, 0) is 76.8 Å². The van der Waals surface area contributed by atoms with E-state index in [0.717, 1.165) is 33.3 Å². The molecule has 0 aliphatic carbocycles. The van der Waals surface area contributed by atoms with Gasteiger partial charge >= 0.3 is 5.97 Å². The highest BCUT2D eigenvalue weighted by Crippen LogP contribution is 2.55. The summed E-state index contributed by atoms with van der Waals surface area (Å²) in [5.74, 6) is 0.758. The summed E-state index contributed by atoms with van der Waals surface area (Å²) in [7, 11) is 1.98. The molecule has 1 atom stereocenters. The number of rotatable bonds is 5. The van der Waals surface area contributed by atoms with Gasteiger partial charge in [-0.2, -0.15) is 0 Å². The summed E-state index contributed by atoms with van der Waals surface area (Å²) >= 11 is 6.90. The molecule has 8 heteroatoms. The van der Waals surface area contributed by atoms with Gasteiger partial charge in [0, 0.05) is 30.1 Å². The summed E-state index contributed by atoms with van der Waals surface area (Å²) in [6.07, 6.45) is 2.08. The fourth-order valence-corrected chi connectivity index (χ4v) is 5.51. The van der Waals surface area contributed by atoms with Crippen molar-refractivity contribution in [2.24, 2.45) is 4.99 Å². The van der Waals surface area contributed by atoms with Crippen LogP contribution in [-0.2, 0) is 21.4 Å². The zero-order valence-electron chi connectivity index (χ0n) is 23.2. The number of ether oxygens (including phenoxy) is 2. The van der Waals surface area contributed by atoms with E-state index in [-0.39, 0.29) is 18.2 Å². The highest BCUT2D eigenvalue weighted by atomic mass is 79.9. The number of halogens is 2. The SMILES string of the molecule is CN1c2ccc(OC(=O)C(C)(C)Br)cc2C(C)(C)C12C=Nc1c(c(CC(=O)C(C)(C)Br)cc3ccccc13)O2. The van der Waals surface area contributed by atoms with Gasteiger partial charge in [-0.25, -0.2) is 0 Å². The number of ketones is 1. The van der Waals surface area contributed by atoms with Crippen LogP contribution >= 0.6 is 31.9 Å². The molecule has 2 aliphatic rings. The molecule has 2 aliphatic heterocycles. The van der Waals surface area contributed by atoms with Gasteiger partial charge in [-0.3, -0.25) is 14.6 Å². The van der Waals surface area contributed by atoms with E-state index in [0.29, 0.717) is 11.5 Å². The first kappa shape index (κ1) is 27.8. The van der Waals surface area contributed by atoms with E-state index in [1.165, 1.54) is 0 Å². The Balaban J connectivity index is 1.62. The van der Waals surface area contributed by atoms with Crippen LogP contribution in [0, 0.1) is 0 Å². The molecule has 0 amide bonds. The van der Waals surface area contributed by atoms with Crippen LogP contribution in [0.5, 0.6) is 11.5 Å². The molecule has 6 nitrogen and oxygen atoms in total. The van der Waals surface area contributed by atoms with Crippen molar-refractivity contribution in [3.63, 3.8) is 0 Å². The minimum Gasteiger partial charge on any atom is -0.459 e. The fourth-order valence-electron chi connectivity index (χ4n) is 5.29. The van der Waals surface area contributed by atoms with E-state index < -0.39 is 19.8 Å². The van der Waals surface area contributed by atoms with E-state index in [1.54, 1.807) is 19.9 Å². The minimum absolute atomic E-state index is 0.0516. The van der Waals surface area contributed by atoms with E-state index in [4.69, 9.17) is 14.5 Å². The molecule has 0 bridgehead atoms. The number of esters is 1. The number of Topliss-reactive ketones (excluding diaryl/α,β-unsaturated/α-hetero) is 1. The largest absolute Gasteiger partial charge is 0.459 e. The van der Waals surface area contributed by atoms with Crippen molar-refractivity contribution in [3.8, 4) is 11.5 Å². The van der Waals surface area contributed by atoms with Gasteiger partial charge in [0.25, 0.3) is 0 Å². The second-order valence-electron chi connectivity index (χ2n) is 11.8. The summed E-state index contributed by atoms with van der Waals surface area (Å²) in [6.45, 7) is 11.4. The number of nitrogens with zero attached hydrogens (tertiary/aromatic N) is 2. The van der Waals surface area contributed by atoms with Crippen molar-refractivity contribution < 1.29 is 19.1 Å². The second-order valence-corrected chi connectivity index (χ2v) is 15.8. The number of benzene rings is 3. The molecule has 1 spiro atoms. The van der Waals surface area contributed by atoms with Crippen molar-refractivity contribution >= 4 is 72.0 Å². The number of hydrogen-bond donors (Lipinski definition) is 0. The van der Waals surface area contributed by atoms with Crippen LogP contribution < -0.4 is 14.4 Å². The van der Waals surface area contributed by atoms with Crippen molar-refractivity contribution in [1.82, 2.24) is 0 Å². The van der Waals surface area contributed by atoms with Crippen LogP contribution in [0.15, 0.2) is 53.5 Å². The standard InChI is InChI=1S/C31H32Br2N2O4/c1-28(2)22-16-20(38-27(37)30(5,6)33)12-13-23(22)35(7)31(28)17-34-25-21-11-9-8-10-18(21)14-19(26(25)39-31)15-24(36)29(3,4)32/h8-14,16-17H,15H2,1-7H3. The Bertz CT molecular complexity index is 1550. The molecular weight excluding hydrogens is 624 g/mol. The molecule has 1 unspecified atom stereocenters. The lowest BCUT2D eigenvalue weighted by Gasteiger charge is -2.45. The first-order valence-corrected chi connectivity index (χ1v) is 14.5. The molecule has 0 radical (unpaired) electrons. The number of aliphatic imine (C=N–C) groups is 1. The Kier molecular flexibility index (Phi) is 6.54. The fraction of sp³-hybridized carbons (Fsp3) is 0.387. The maximum atomic E-state index is 13.1. The Morgan fingerprint density at radius 1 is 1.03 bits per heavy atom. The number of hydrogen-bond acceptors (Lipinski definition) is 6. The topological polar surface area (TPSA) is 68.2 Å². The quantitative estimate of drug-likeness (QED) is 0.163. The predicted octanol–water partition coefficient (Wildman–Crippen LogP) is 7.42. The maximum Gasteiger partial charge on any atom is 0.327 e. The van der Waals surface area contributed by atoms with Gasteiger partial charge in [0.15, 0.2) is 11.5 Å². The van der Waals surface area contributed by atoms with Gasteiger partial charge in [-0.15, -0.1) is 0 Å². The molecule has 0 fully saturated rings. The predicted molar refractivity (Wildman–Crippen MR) is 164 cm³/mol. The summed E-state index contributed by atoms with van der Waals surface area (Å²) < 4.78 is 11.2. The molecule has 0 saturated carbocycles. The van der Waals surface area contributed by atoms with Crippen molar-refractivity contribution in [1.29, 1.82) is 0 Å². The first-order valence-electron chi connectivity index (χ1n) is 12.9. The molecule has 3 aromatic rings. The smallest absolute Gasteiger partial charge is 0.327 e. The summed E-state index contributed by atoms with van der Waals surface area (Å²) in [4.78, 5) is 32.8. The molecule has 39 heavy (non-hydrogen) atoms. The Labute approximate surface area is 246 Å².